The van der Waals surface area contributed by atoms with E-state index in [0.29, 0.717) is 34.0 Å². The predicted molar refractivity (Wildman–Crippen MR) is 107 cm³/mol. The van der Waals surface area contributed by atoms with E-state index in [2.05, 4.69) is 23.3 Å². The molecular weight excluding hydrogens is 358 g/mol. The van der Waals surface area contributed by atoms with Crippen LogP contribution in [0.2, 0.25) is 0 Å². The zero-order valence-electron chi connectivity index (χ0n) is 14.8. The molecule has 4 rings (SSSR count). The molecule has 1 N–H and O–H groups in total. The molecule has 134 valence electrons. The van der Waals surface area contributed by atoms with Crippen LogP contribution in [0.4, 0.5) is 5.82 Å². The maximum atomic E-state index is 12.6. The zero-order chi connectivity index (χ0) is 18.8. The lowest BCUT2D eigenvalue weighted by molar-refractivity contribution is 0.102. The van der Waals surface area contributed by atoms with Gasteiger partial charge in [0.2, 0.25) is 0 Å². The van der Waals surface area contributed by atoms with E-state index in [1.807, 2.05) is 40.3 Å². The first-order chi connectivity index (χ1) is 13.2. The number of amides is 1. The monoisotopic (exact) mass is 375 g/mol. The summed E-state index contributed by atoms with van der Waals surface area (Å²) in [6.07, 6.45) is 1.89. The van der Waals surface area contributed by atoms with Gasteiger partial charge in [-0.15, -0.1) is 11.3 Å². The van der Waals surface area contributed by atoms with Crippen LogP contribution in [0.3, 0.4) is 0 Å². The fourth-order valence-corrected chi connectivity index (χ4v) is 3.67. The van der Waals surface area contributed by atoms with Crippen molar-refractivity contribution in [2.24, 2.45) is 0 Å². The van der Waals surface area contributed by atoms with E-state index in [1.165, 1.54) is 11.3 Å². The Labute approximate surface area is 160 Å². The second kappa shape index (κ2) is 7.17. The van der Waals surface area contributed by atoms with E-state index in [0.717, 1.165) is 23.9 Å². The number of nitriles is 1. The Morgan fingerprint density at radius 2 is 2.00 bits per heavy atom. The molecular formula is C20H17N5OS. The lowest BCUT2D eigenvalue weighted by Gasteiger charge is -2.10. The van der Waals surface area contributed by atoms with Gasteiger partial charge in [-0.05, 0) is 30.0 Å². The van der Waals surface area contributed by atoms with Crippen LogP contribution in [0, 0.1) is 11.3 Å². The summed E-state index contributed by atoms with van der Waals surface area (Å²) >= 11 is 1.36. The van der Waals surface area contributed by atoms with Gasteiger partial charge >= 0.3 is 0 Å². The van der Waals surface area contributed by atoms with Crippen molar-refractivity contribution in [3.8, 4) is 6.07 Å². The van der Waals surface area contributed by atoms with Crippen molar-refractivity contribution < 1.29 is 4.79 Å². The number of thiophene rings is 1. The second-order valence-corrected chi connectivity index (χ2v) is 7.10. The third kappa shape index (κ3) is 3.04. The van der Waals surface area contributed by atoms with Crippen LogP contribution in [0.25, 0.3) is 22.2 Å². The molecule has 0 atom stereocenters. The molecule has 0 bridgehead atoms. The molecule has 3 aromatic heterocycles. The highest BCUT2D eigenvalue weighted by molar-refractivity contribution is 7.12. The fraction of sp³-hybridized carbons (Fsp3) is 0.200. The molecule has 0 aliphatic rings. The molecule has 0 unspecified atom stereocenters. The number of anilines is 1. The lowest BCUT2D eigenvalue weighted by atomic mass is 10.2. The molecule has 6 nitrogen and oxygen atoms in total. The smallest absolute Gasteiger partial charge is 0.266 e. The summed E-state index contributed by atoms with van der Waals surface area (Å²) in [5.74, 6) is 0.237. The molecule has 1 amide bonds. The van der Waals surface area contributed by atoms with Crippen molar-refractivity contribution >= 4 is 45.3 Å². The molecule has 0 aliphatic carbocycles. The number of carbonyl (C=O) groups is 1. The minimum atomic E-state index is -0.230. The van der Waals surface area contributed by atoms with Gasteiger partial charge in [-0.25, -0.2) is 9.97 Å². The van der Waals surface area contributed by atoms with Gasteiger partial charge in [-0.3, -0.25) is 4.79 Å². The van der Waals surface area contributed by atoms with Gasteiger partial charge in [0.05, 0.1) is 15.9 Å². The first kappa shape index (κ1) is 17.2. The molecule has 4 aromatic rings. The molecule has 0 saturated heterocycles. The van der Waals surface area contributed by atoms with Gasteiger partial charge in [0.25, 0.3) is 5.91 Å². The van der Waals surface area contributed by atoms with Crippen LogP contribution in [0.5, 0.6) is 0 Å². The molecule has 0 saturated carbocycles. The number of aromatic nitrogens is 3. The summed E-state index contributed by atoms with van der Waals surface area (Å²) in [7, 11) is 0. The average molecular weight is 375 g/mol. The van der Waals surface area contributed by atoms with Gasteiger partial charge in [-0.2, -0.15) is 5.26 Å². The maximum Gasteiger partial charge on any atom is 0.266 e. The van der Waals surface area contributed by atoms with E-state index in [9.17, 15) is 10.1 Å². The van der Waals surface area contributed by atoms with E-state index < -0.39 is 0 Å². The summed E-state index contributed by atoms with van der Waals surface area (Å²) in [5.41, 5.74) is 2.99. The quantitative estimate of drug-likeness (QED) is 0.554. The van der Waals surface area contributed by atoms with Crippen molar-refractivity contribution in [1.29, 1.82) is 5.26 Å². The maximum absolute atomic E-state index is 12.6. The fourth-order valence-electron chi connectivity index (χ4n) is 3.05. The Morgan fingerprint density at radius 3 is 2.67 bits per heavy atom. The van der Waals surface area contributed by atoms with Gasteiger partial charge in [0.1, 0.15) is 23.0 Å². The largest absolute Gasteiger partial charge is 0.309 e. The first-order valence-corrected chi connectivity index (χ1v) is 9.64. The number of hydrogen-bond acceptors (Lipinski definition) is 5. The number of fused-ring (bicyclic) bond motifs is 2. The third-order valence-corrected chi connectivity index (χ3v) is 5.24. The Bertz CT molecular complexity index is 1170. The Morgan fingerprint density at radius 1 is 1.22 bits per heavy atom. The van der Waals surface area contributed by atoms with Crippen LogP contribution >= 0.6 is 11.3 Å². The normalized spacial score (nSPS) is 11.0. The molecule has 7 heteroatoms. The molecule has 1 aromatic carbocycles. The van der Waals surface area contributed by atoms with E-state index in [4.69, 9.17) is 4.98 Å². The highest BCUT2D eigenvalue weighted by Gasteiger charge is 2.22. The number of hydrogen-bond donors (Lipinski definition) is 1. The zero-order valence-corrected chi connectivity index (χ0v) is 15.6. The predicted octanol–water partition coefficient (Wildman–Crippen LogP) is 4.57. The molecule has 3 heterocycles. The molecule has 27 heavy (non-hydrogen) atoms. The summed E-state index contributed by atoms with van der Waals surface area (Å²) in [4.78, 5) is 22.6. The van der Waals surface area contributed by atoms with Gasteiger partial charge < -0.3 is 9.88 Å². The number of carbonyl (C=O) groups excluding carboxylic acids is 1. The van der Waals surface area contributed by atoms with Crippen LogP contribution < -0.4 is 5.32 Å². The van der Waals surface area contributed by atoms with Crippen molar-refractivity contribution in [3.63, 3.8) is 0 Å². The van der Waals surface area contributed by atoms with Gasteiger partial charge in [0.15, 0.2) is 5.65 Å². The highest BCUT2D eigenvalue weighted by atomic mass is 32.1. The summed E-state index contributed by atoms with van der Waals surface area (Å²) in [5, 5.41) is 14.6. The van der Waals surface area contributed by atoms with E-state index in [1.54, 1.807) is 6.07 Å². The van der Waals surface area contributed by atoms with Crippen LogP contribution in [-0.2, 0) is 6.54 Å². The topological polar surface area (TPSA) is 83.6 Å². The lowest BCUT2D eigenvalue weighted by Crippen LogP contribution is -2.15. The Balaban J connectivity index is 1.93. The van der Waals surface area contributed by atoms with Crippen LogP contribution in [-0.4, -0.2) is 20.4 Å². The average Bonchev–Trinajstić information content (AvgIpc) is 3.31. The van der Waals surface area contributed by atoms with E-state index in [-0.39, 0.29) is 5.91 Å². The molecule has 0 spiro atoms. The Hall–Kier alpha value is -3.24. The first-order valence-electron chi connectivity index (χ1n) is 8.77. The third-order valence-electron chi connectivity index (χ3n) is 4.38. The standard InChI is InChI=1S/C20H17N5OS/c1-2-3-10-25-18(24-20(26)16-9-6-11-27-16)13(12-21)17-19(25)23-15-8-5-4-7-14(15)22-17/h4-9,11H,2-3,10H2,1H3,(H,24,26). The summed E-state index contributed by atoms with van der Waals surface area (Å²) in [6.45, 7) is 2.75. The highest BCUT2D eigenvalue weighted by Crippen LogP contribution is 2.30. The molecule has 0 radical (unpaired) electrons. The number of nitrogens with one attached hydrogen (secondary N) is 1. The van der Waals surface area contributed by atoms with Gasteiger partial charge in [-0.1, -0.05) is 31.5 Å². The molecule has 0 fully saturated rings. The number of rotatable bonds is 5. The number of para-hydroxylation sites is 2. The van der Waals surface area contributed by atoms with Crippen LogP contribution in [0.15, 0.2) is 41.8 Å². The second-order valence-electron chi connectivity index (χ2n) is 6.16. The minimum Gasteiger partial charge on any atom is -0.309 e. The minimum absolute atomic E-state index is 0.230. The number of aryl methyl sites for hydroxylation is 1. The van der Waals surface area contributed by atoms with Crippen molar-refractivity contribution in [2.75, 3.05) is 5.32 Å². The van der Waals surface area contributed by atoms with Crippen molar-refractivity contribution in [2.45, 2.75) is 26.3 Å². The Kier molecular flexibility index (Phi) is 4.57. The summed E-state index contributed by atoms with van der Waals surface area (Å²) in [6, 6.07) is 13.4. The van der Waals surface area contributed by atoms with E-state index >= 15 is 0 Å². The number of benzene rings is 1. The van der Waals surface area contributed by atoms with Crippen LogP contribution in [0.1, 0.15) is 35.0 Å². The number of unbranched alkanes of at least 4 members (excludes halogenated alkanes) is 1. The summed E-state index contributed by atoms with van der Waals surface area (Å²) < 4.78 is 1.91. The van der Waals surface area contributed by atoms with Crippen molar-refractivity contribution in [3.05, 3.63) is 52.2 Å². The number of nitrogens with zero attached hydrogens (tertiary/aromatic N) is 4. The SMILES string of the molecule is CCCCn1c(NC(=O)c2cccs2)c(C#N)c2nc3ccccc3nc21. The van der Waals surface area contributed by atoms with Gasteiger partial charge in [0, 0.05) is 6.54 Å². The molecule has 0 aliphatic heterocycles. The van der Waals surface area contributed by atoms with Crippen molar-refractivity contribution in [1.82, 2.24) is 14.5 Å².